The van der Waals surface area contributed by atoms with Crippen molar-refractivity contribution in [1.82, 2.24) is 10.3 Å². The van der Waals surface area contributed by atoms with Gasteiger partial charge in [-0.05, 0) is 38.1 Å². The van der Waals surface area contributed by atoms with Gasteiger partial charge in [0.1, 0.15) is 17.3 Å². The van der Waals surface area contributed by atoms with E-state index in [0.29, 0.717) is 5.76 Å². The predicted octanol–water partition coefficient (Wildman–Crippen LogP) is 4.37. The van der Waals surface area contributed by atoms with Crippen molar-refractivity contribution in [3.05, 3.63) is 66.3 Å². The quantitative estimate of drug-likeness (QED) is 0.575. The second-order valence-corrected chi connectivity index (χ2v) is 6.43. The Labute approximate surface area is 173 Å². The first-order chi connectivity index (χ1) is 13.2. The third-order valence-corrected chi connectivity index (χ3v) is 4.69. The molecule has 0 amide bonds. The number of methoxy groups -OCH3 is 1. The molecule has 3 rings (SSSR count). The Kier molecular flexibility index (Phi) is 7.91. The smallest absolute Gasteiger partial charge is 0.141 e. The molecule has 1 aromatic carbocycles. The number of rotatable bonds is 6. The first kappa shape index (κ1) is 21.8. The molecule has 1 saturated heterocycles. The number of anilines is 1. The third kappa shape index (κ3) is 4.66. The number of nitrogens with zero attached hydrogens (tertiary/aromatic N) is 2. The van der Waals surface area contributed by atoms with E-state index in [2.05, 4.69) is 35.0 Å². The molecule has 0 spiro atoms. The summed E-state index contributed by atoms with van der Waals surface area (Å²) in [6.07, 6.45) is 7.27. The Balaban J connectivity index is 0.00000280. The number of benzene rings is 1. The fourth-order valence-corrected chi connectivity index (χ4v) is 3.23. The largest absolute Gasteiger partial charge is 0.497 e. The normalized spacial score (nSPS) is 15.2. The van der Waals surface area contributed by atoms with Crippen LogP contribution in [0.2, 0.25) is 0 Å². The maximum absolute atomic E-state index is 6.24. The highest BCUT2D eigenvalue weighted by Gasteiger charge is 2.17. The highest BCUT2D eigenvalue weighted by Crippen LogP contribution is 2.34. The molecule has 1 aromatic heterocycles. The van der Waals surface area contributed by atoms with Crippen LogP contribution in [0.5, 0.6) is 5.75 Å². The number of nitrogens with one attached hydrogen (secondary N) is 1. The third-order valence-electron chi connectivity index (χ3n) is 4.69. The minimum atomic E-state index is 0. The van der Waals surface area contributed by atoms with Gasteiger partial charge in [-0.15, -0.1) is 12.4 Å². The van der Waals surface area contributed by atoms with Crippen LogP contribution >= 0.6 is 12.4 Å². The molecular weight excluding hydrogens is 374 g/mol. The number of pyridine rings is 1. The molecule has 1 aliphatic rings. The molecule has 1 fully saturated rings. The summed E-state index contributed by atoms with van der Waals surface area (Å²) in [5, 5.41) is 4.39. The number of para-hydroxylation sites is 1. The van der Waals surface area contributed by atoms with E-state index in [4.69, 9.17) is 14.5 Å². The number of halogens is 1. The number of fused-ring (bicyclic) bond motifs is 1. The van der Waals surface area contributed by atoms with Gasteiger partial charge in [-0.3, -0.25) is 4.98 Å². The Morgan fingerprint density at radius 2 is 2.00 bits per heavy atom. The lowest BCUT2D eigenvalue weighted by Gasteiger charge is -2.30. The van der Waals surface area contributed by atoms with Crippen LogP contribution < -0.4 is 15.0 Å². The molecular formula is C22H28ClN3O2. The molecule has 0 aliphatic carbocycles. The lowest BCUT2D eigenvalue weighted by molar-refractivity contribution is 0.302. The van der Waals surface area contributed by atoms with Gasteiger partial charge in [-0.25, -0.2) is 0 Å². The van der Waals surface area contributed by atoms with E-state index < -0.39 is 0 Å². The fraction of sp³-hybridized carbons (Fsp3) is 0.318. The molecule has 0 radical (unpaired) electrons. The van der Waals surface area contributed by atoms with Gasteiger partial charge in [0.15, 0.2) is 0 Å². The number of aryl methyl sites for hydroxylation is 1. The molecule has 0 saturated carbocycles. The topological polar surface area (TPSA) is 46.6 Å². The van der Waals surface area contributed by atoms with Crippen LogP contribution in [-0.4, -0.2) is 38.3 Å². The van der Waals surface area contributed by atoms with Gasteiger partial charge in [0, 0.05) is 49.4 Å². The number of hydrogen-bond acceptors (Lipinski definition) is 5. The minimum absolute atomic E-state index is 0. The lowest BCUT2D eigenvalue weighted by Crippen LogP contribution is -2.43. The van der Waals surface area contributed by atoms with E-state index in [0.717, 1.165) is 59.8 Å². The van der Waals surface area contributed by atoms with Crippen LogP contribution in [0.15, 0.2) is 60.7 Å². The van der Waals surface area contributed by atoms with Gasteiger partial charge in [-0.1, -0.05) is 12.6 Å². The van der Waals surface area contributed by atoms with Crippen molar-refractivity contribution in [3.8, 4) is 5.75 Å². The van der Waals surface area contributed by atoms with Crippen molar-refractivity contribution in [2.24, 2.45) is 0 Å². The summed E-state index contributed by atoms with van der Waals surface area (Å²) in [6.45, 7) is 11.7. The van der Waals surface area contributed by atoms with Crippen LogP contribution in [0.25, 0.3) is 10.9 Å². The Hall–Kier alpha value is -2.50. The molecule has 5 nitrogen and oxygen atoms in total. The number of hydrogen-bond donors (Lipinski definition) is 1. The van der Waals surface area contributed by atoms with Crippen molar-refractivity contribution >= 4 is 29.0 Å². The van der Waals surface area contributed by atoms with Crippen LogP contribution in [0.4, 0.5) is 5.69 Å². The van der Waals surface area contributed by atoms with Gasteiger partial charge < -0.3 is 19.7 Å². The highest BCUT2D eigenvalue weighted by atomic mass is 35.5. The van der Waals surface area contributed by atoms with Crippen molar-refractivity contribution < 1.29 is 9.47 Å². The number of ether oxygens (including phenoxy) is 2. The number of piperazine rings is 1. The van der Waals surface area contributed by atoms with Crippen LogP contribution in [-0.2, 0) is 4.74 Å². The molecule has 0 bridgehead atoms. The van der Waals surface area contributed by atoms with Gasteiger partial charge in [0.2, 0.25) is 0 Å². The van der Waals surface area contributed by atoms with Crippen molar-refractivity contribution in [1.29, 1.82) is 0 Å². The van der Waals surface area contributed by atoms with E-state index in [1.807, 2.05) is 32.2 Å². The molecule has 2 aromatic rings. The minimum Gasteiger partial charge on any atom is -0.497 e. The van der Waals surface area contributed by atoms with E-state index in [9.17, 15) is 0 Å². The standard InChI is InChI=1S/C22H27N3O2.ClH/c1-5-17(26-4)14-18(6-2)27-22-16(3)15-24-21-19(22)8-7-9-20(21)25-12-10-23-11-13-25;/h5-9,14-15,23H,2,10-13H2,1,3-4H3;1H/b17-5-,18-14+;. The second-order valence-electron chi connectivity index (χ2n) is 6.43. The van der Waals surface area contributed by atoms with E-state index in [1.165, 1.54) is 0 Å². The second kappa shape index (κ2) is 10.2. The predicted molar refractivity (Wildman–Crippen MR) is 118 cm³/mol. The zero-order chi connectivity index (χ0) is 19.2. The first-order valence-corrected chi connectivity index (χ1v) is 9.24. The fourth-order valence-electron chi connectivity index (χ4n) is 3.23. The summed E-state index contributed by atoms with van der Waals surface area (Å²) in [6, 6.07) is 6.26. The zero-order valence-corrected chi connectivity index (χ0v) is 17.5. The number of aromatic nitrogens is 1. The maximum Gasteiger partial charge on any atom is 0.141 e. The van der Waals surface area contributed by atoms with Crippen LogP contribution in [0.3, 0.4) is 0 Å². The summed E-state index contributed by atoms with van der Waals surface area (Å²) in [7, 11) is 1.64. The van der Waals surface area contributed by atoms with Gasteiger partial charge >= 0.3 is 0 Å². The Bertz CT molecular complexity index is 887. The molecule has 150 valence electrons. The molecule has 1 N–H and O–H groups in total. The molecule has 6 heteroatoms. The SMILES string of the molecule is C=C/C(=C\C(=C\C)OC)Oc1c(C)cnc2c(N3CCNCC3)cccc12.Cl. The van der Waals surface area contributed by atoms with Gasteiger partial charge in [0.05, 0.1) is 18.3 Å². The van der Waals surface area contributed by atoms with Gasteiger partial charge in [-0.2, -0.15) is 0 Å². The molecule has 0 atom stereocenters. The first-order valence-electron chi connectivity index (χ1n) is 9.24. The van der Waals surface area contributed by atoms with Crippen LogP contribution in [0, 0.1) is 6.92 Å². The molecule has 28 heavy (non-hydrogen) atoms. The lowest BCUT2D eigenvalue weighted by atomic mass is 10.1. The van der Waals surface area contributed by atoms with Crippen molar-refractivity contribution in [2.45, 2.75) is 13.8 Å². The van der Waals surface area contributed by atoms with Crippen molar-refractivity contribution in [3.63, 3.8) is 0 Å². The Morgan fingerprint density at radius 3 is 2.64 bits per heavy atom. The van der Waals surface area contributed by atoms with Crippen molar-refractivity contribution in [2.75, 3.05) is 38.2 Å². The summed E-state index contributed by atoms with van der Waals surface area (Å²) in [5.74, 6) is 2.16. The molecule has 2 heterocycles. The number of allylic oxidation sites excluding steroid dienone is 3. The highest BCUT2D eigenvalue weighted by molar-refractivity contribution is 5.95. The van der Waals surface area contributed by atoms with E-state index in [-0.39, 0.29) is 12.4 Å². The van der Waals surface area contributed by atoms with E-state index >= 15 is 0 Å². The average molecular weight is 402 g/mol. The average Bonchev–Trinajstić information content (AvgIpc) is 2.72. The summed E-state index contributed by atoms with van der Waals surface area (Å²) in [4.78, 5) is 7.09. The maximum atomic E-state index is 6.24. The summed E-state index contributed by atoms with van der Waals surface area (Å²) >= 11 is 0. The monoisotopic (exact) mass is 401 g/mol. The molecule has 1 aliphatic heterocycles. The van der Waals surface area contributed by atoms with Crippen LogP contribution in [0.1, 0.15) is 12.5 Å². The van der Waals surface area contributed by atoms with Gasteiger partial charge in [0.25, 0.3) is 0 Å². The summed E-state index contributed by atoms with van der Waals surface area (Å²) < 4.78 is 11.6. The molecule has 0 unspecified atom stereocenters. The van der Waals surface area contributed by atoms with E-state index in [1.54, 1.807) is 13.2 Å². The zero-order valence-electron chi connectivity index (χ0n) is 16.7. The Morgan fingerprint density at radius 1 is 1.25 bits per heavy atom. The summed E-state index contributed by atoms with van der Waals surface area (Å²) in [5.41, 5.74) is 3.09.